The molecule has 1 aliphatic heterocycles. The predicted molar refractivity (Wildman–Crippen MR) is 85.4 cm³/mol. The number of anilines is 1. The Balaban J connectivity index is 1.91. The first-order chi connectivity index (χ1) is 9.78. The highest BCUT2D eigenvalue weighted by atomic mass is 35.5. The fourth-order valence-corrected chi connectivity index (χ4v) is 3.11. The predicted octanol–water partition coefficient (Wildman–Crippen LogP) is 3.40. The first-order valence-electron chi connectivity index (χ1n) is 7.08. The third-order valence-corrected chi connectivity index (χ3v) is 4.16. The molecule has 1 aliphatic rings. The van der Waals surface area contributed by atoms with Crippen LogP contribution >= 0.6 is 11.6 Å². The molecule has 2 aromatic rings. The van der Waals surface area contributed by atoms with Gasteiger partial charge in [-0.25, -0.2) is 0 Å². The molecule has 0 aromatic heterocycles. The van der Waals surface area contributed by atoms with Crippen LogP contribution in [0, 0.1) is 0 Å². The fourth-order valence-electron chi connectivity index (χ4n) is 2.92. The highest BCUT2D eigenvalue weighted by molar-refractivity contribution is 6.30. The summed E-state index contributed by atoms with van der Waals surface area (Å²) in [5, 5.41) is 0.787. The van der Waals surface area contributed by atoms with E-state index in [1.807, 2.05) is 12.1 Å². The Hall–Kier alpha value is -1.51. The second kappa shape index (κ2) is 5.86. The summed E-state index contributed by atoms with van der Waals surface area (Å²) in [6, 6.07) is 14.8. The maximum absolute atomic E-state index is 6.11. The van der Waals surface area contributed by atoms with Gasteiger partial charge in [0.05, 0.1) is 0 Å². The number of nitrogens with two attached hydrogens (primary N) is 1. The number of hydrogen-bond acceptors (Lipinski definition) is 2. The zero-order valence-electron chi connectivity index (χ0n) is 11.5. The van der Waals surface area contributed by atoms with E-state index in [-0.39, 0.29) is 0 Å². The maximum atomic E-state index is 6.11. The van der Waals surface area contributed by atoms with E-state index in [0.29, 0.717) is 6.54 Å². The quantitative estimate of drug-likeness (QED) is 0.937. The molecule has 1 heterocycles. The minimum atomic E-state index is 0.651. The van der Waals surface area contributed by atoms with Gasteiger partial charge in [0, 0.05) is 23.8 Å². The molecule has 3 rings (SSSR count). The van der Waals surface area contributed by atoms with Crippen LogP contribution < -0.4 is 10.6 Å². The van der Waals surface area contributed by atoms with E-state index in [1.54, 1.807) is 0 Å². The molecule has 0 radical (unpaired) electrons. The Bertz CT molecular complexity index is 610. The maximum Gasteiger partial charge on any atom is 0.0432 e. The van der Waals surface area contributed by atoms with Crippen LogP contribution in [0.5, 0.6) is 0 Å². The molecule has 0 bridgehead atoms. The summed E-state index contributed by atoms with van der Waals surface area (Å²) in [7, 11) is 0. The molecule has 104 valence electrons. The Morgan fingerprint density at radius 1 is 1.10 bits per heavy atom. The van der Waals surface area contributed by atoms with Crippen molar-refractivity contribution in [2.75, 3.05) is 18.0 Å². The second-order valence-electron chi connectivity index (χ2n) is 5.25. The number of rotatable bonds is 3. The number of nitrogens with zero attached hydrogens (tertiary/aromatic N) is 1. The van der Waals surface area contributed by atoms with Crippen molar-refractivity contribution in [3.8, 4) is 0 Å². The van der Waals surface area contributed by atoms with Crippen LogP contribution in [0.2, 0.25) is 5.02 Å². The van der Waals surface area contributed by atoms with E-state index in [2.05, 4.69) is 35.2 Å². The van der Waals surface area contributed by atoms with Crippen molar-refractivity contribution in [1.29, 1.82) is 0 Å². The van der Waals surface area contributed by atoms with Gasteiger partial charge in [0.2, 0.25) is 0 Å². The van der Waals surface area contributed by atoms with Gasteiger partial charge < -0.3 is 10.6 Å². The molecule has 3 heteroatoms. The standard InChI is InChI=1S/C17H19ClN2/c18-16-5-6-17(14(11-16)7-9-19)20-10-8-13-3-1-2-4-15(13)12-20/h1-6,11H,7-10,12,19H2. The molecule has 0 saturated carbocycles. The average Bonchev–Trinajstić information content (AvgIpc) is 2.47. The lowest BCUT2D eigenvalue weighted by atomic mass is 9.98. The number of halogens is 1. The Morgan fingerprint density at radius 2 is 1.90 bits per heavy atom. The van der Waals surface area contributed by atoms with E-state index in [9.17, 15) is 0 Å². The molecule has 0 aliphatic carbocycles. The van der Waals surface area contributed by atoms with E-state index < -0.39 is 0 Å². The van der Waals surface area contributed by atoms with Crippen LogP contribution in [0.15, 0.2) is 42.5 Å². The van der Waals surface area contributed by atoms with Crippen LogP contribution in [0.4, 0.5) is 5.69 Å². The molecule has 0 saturated heterocycles. The largest absolute Gasteiger partial charge is 0.367 e. The highest BCUT2D eigenvalue weighted by Gasteiger charge is 2.18. The molecule has 2 N–H and O–H groups in total. The van der Waals surface area contributed by atoms with Gasteiger partial charge >= 0.3 is 0 Å². The summed E-state index contributed by atoms with van der Waals surface area (Å²) >= 11 is 6.11. The molecule has 0 unspecified atom stereocenters. The second-order valence-corrected chi connectivity index (χ2v) is 5.69. The highest BCUT2D eigenvalue weighted by Crippen LogP contribution is 2.29. The molecule has 0 atom stereocenters. The van der Waals surface area contributed by atoms with Gasteiger partial charge in [-0.1, -0.05) is 35.9 Å². The third kappa shape index (κ3) is 2.67. The van der Waals surface area contributed by atoms with Crippen molar-refractivity contribution >= 4 is 17.3 Å². The lowest BCUT2D eigenvalue weighted by Gasteiger charge is -2.32. The van der Waals surface area contributed by atoms with E-state index in [1.165, 1.54) is 22.4 Å². The number of benzene rings is 2. The Morgan fingerprint density at radius 3 is 2.70 bits per heavy atom. The van der Waals surface area contributed by atoms with E-state index >= 15 is 0 Å². The fraction of sp³-hybridized carbons (Fsp3) is 0.294. The van der Waals surface area contributed by atoms with E-state index in [4.69, 9.17) is 17.3 Å². The first-order valence-corrected chi connectivity index (χ1v) is 7.46. The van der Waals surface area contributed by atoms with Crippen molar-refractivity contribution in [2.45, 2.75) is 19.4 Å². The summed E-state index contributed by atoms with van der Waals surface area (Å²) in [6.07, 6.45) is 1.97. The molecule has 2 nitrogen and oxygen atoms in total. The van der Waals surface area contributed by atoms with Gasteiger partial charge in [-0.15, -0.1) is 0 Å². The Kier molecular flexibility index (Phi) is 3.95. The summed E-state index contributed by atoms with van der Waals surface area (Å²) in [6.45, 7) is 2.67. The third-order valence-electron chi connectivity index (χ3n) is 3.93. The molecule has 2 aromatic carbocycles. The molecule has 0 amide bonds. The lowest BCUT2D eigenvalue weighted by Crippen LogP contribution is -2.31. The van der Waals surface area contributed by atoms with Crippen molar-refractivity contribution in [3.63, 3.8) is 0 Å². The number of fused-ring (bicyclic) bond motifs is 1. The minimum absolute atomic E-state index is 0.651. The van der Waals surface area contributed by atoms with E-state index in [0.717, 1.165) is 31.0 Å². The first kappa shape index (κ1) is 13.5. The summed E-state index contributed by atoms with van der Waals surface area (Å²) < 4.78 is 0. The van der Waals surface area contributed by atoms with Crippen molar-refractivity contribution in [3.05, 3.63) is 64.2 Å². The van der Waals surface area contributed by atoms with Crippen molar-refractivity contribution in [2.24, 2.45) is 5.73 Å². The van der Waals surface area contributed by atoms with Gasteiger partial charge in [0.15, 0.2) is 0 Å². The topological polar surface area (TPSA) is 29.3 Å². The summed E-state index contributed by atoms with van der Waals surface area (Å²) in [4.78, 5) is 2.43. The lowest BCUT2D eigenvalue weighted by molar-refractivity contribution is 0.726. The van der Waals surface area contributed by atoms with Crippen LogP contribution in [0.25, 0.3) is 0 Å². The smallest absolute Gasteiger partial charge is 0.0432 e. The van der Waals surface area contributed by atoms with Gasteiger partial charge in [-0.05, 0) is 54.3 Å². The van der Waals surface area contributed by atoms with Crippen LogP contribution in [-0.2, 0) is 19.4 Å². The normalized spacial score (nSPS) is 14.2. The SMILES string of the molecule is NCCc1cc(Cl)ccc1N1CCc2ccccc2C1. The molecule has 20 heavy (non-hydrogen) atoms. The van der Waals surface area contributed by atoms with Crippen LogP contribution in [0.3, 0.4) is 0 Å². The van der Waals surface area contributed by atoms with Crippen LogP contribution in [-0.4, -0.2) is 13.1 Å². The molecular formula is C17H19ClN2. The summed E-state index contributed by atoms with van der Waals surface area (Å²) in [5.41, 5.74) is 11.1. The van der Waals surface area contributed by atoms with Gasteiger partial charge in [-0.3, -0.25) is 0 Å². The number of hydrogen-bond donors (Lipinski definition) is 1. The Labute approximate surface area is 125 Å². The van der Waals surface area contributed by atoms with Gasteiger partial charge in [0.1, 0.15) is 0 Å². The van der Waals surface area contributed by atoms with Gasteiger partial charge in [0.25, 0.3) is 0 Å². The van der Waals surface area contributed by atoms with Crippen molar-refractivity contribution in [1.82, 2.24) is 0 Å². The molecular weight excluding hydrogens is 268 g/mol. The average molecular weight is 287 g/mol. The molecule has 0 fully saturated rings. The van der Waals surface area contributed by atoms with Crippen LogP contribution in [0.1, 0.15) is 16.7 Å². The molecule has 0 spiro atoms. The van der Waals surface area contributed by atoms with Gasteiger partial charge in [-0.2, -0.15) is 0 Å². The monoisotopic (exact) mass is 286 g/mol. The summed E-state index contributed by atoms with van der Waals surface area (Å²) in [5.74, 6) is 0. The van der Waals surface area contributed by atoms with Crippen molar-refractivity contribution < 1.29 is 0 Å². The minimum Gasteiger partial charge on any atom is -0.367 e. The zero-order valence-corrected chi connectivity index (χ0v) is 12.2. The zero-order chi connectivity index (χ0) is 13.9.